The summed E-state index contributed by atoms with van der Waals surface area (Å²) in [5.74, 6) is -5.96. The molecule has 19 nitrogen and oxygen atoms in total. The van der Waals surface area contributed by atoms with Gasteiger partial charge in [-0.05, 0) is 50.5 Å². The lowest BCUT2D eigenvalue weighted by atomic mass is 10.1. The van der Waals surface area contributed by atoms with Gasteiger partial charge in [0.15, 0.2) is 11.2 Å². The molecule has 0 aliphatic carbocycles. The summed E-state index contributed by atoms with van der Waals surface area (Å²) >= 11 is 0. The van der Waals surface area contributed by atoms with Gasteiger partial charge in [-0.25, -0.2) is 19.6 Å². The van der Waals surface area contributed by atoms with Crippen LogP contribution in [0.5, 0.6) is 0 Å². The Kier molecular flexibility index (Phi) is 12.8. The quantitative estimate of drug-likeness (QED) is 0.0831. The monoisotopic (exact) mass is 669 g/mol. The van der Waals surface area contributed by atoms with E-state index in [1.807, 2.05) is 0 Å². The van der Waals surface area contributed by atoms with Crippen molar-refractivity contribution in [1.29, 1.82) is 0 Å². The fourth-order valence-corrected chi connectivity index (χ4v) is 4.32. The van der Waals surface area contributed by atoms with Gasteiger partial charge in [0, 0.05) is 36.6 Å². The zero-order valence-electron chi connectivity index (χ0n) is 25.7. The number of aromatic nitrogens is 4. The van der Waals surface area contributed by atoms with Gasteiger partial charge in [0.05, 0.1) is 18.4 Å². The minimum Gasteiger partial charge on any atom is -0.481 e. The highest BCUT2D eigenvalue weighted by molar-refractivity contribution is 5.97. The van der Waals surface area contributed by atoms with Crippen molar-refractivity contribution in [3.05, 3.63) is 52.1 Å². The van der Waals surface area contributed by atoms with Crippen LogP contribution < -0.4 is 32.6 Å². The van der Waals surface area contributed by atoms with E-state index >= 15 is 0 Å². The first-order chi connectivity index (χ1) is 22.7. The average Bonchev–Trinajstić information content (AvgIpc) is 3.02. The molecule has 0 fully saturated rings. The number of nitrogens with one attached hydrogen (secondary N) is 5. The smallest absolute Gasteiger partial charge is 0.326 e. The summed E-state index contributed by atoms with van der Waals surface area (Å²) in [6.07, 6.45) is 0.155. The molecule has 0 saturated carbocycles. The first kappa shape index (κ1) is 36.3. The van der Waals surface area contributed by atoms with Crippen molar-refractivity contribution in [2.75, 3.05) is 11.1 Å². The van der Waals surface area contributed by atoms with Gasteiger partial charge in [-0.3, -0.25) is 29.0 Å². The predicted molar refractivity (Wildman–Crippen MR) is 168 cm³/mol. The molecule has 48 heavy (non-hydrogen) atoms. The molecule has 3 rings (SSSR count). The zero-order chi connectivity index (χ0) is 35.4. The van der Waals surface area contributed by atoms with Crippen molar-refractivity contribution in [2.45, 2.75) is 70.1 Å². The Morgan fingerprint density at radius 2 is 1.44 bits per heavy atom. The lowest BCUT2D eigenvalue weighted by Crippen LogP contribution is -2.44. The van der Waals surface area contributed by atoms with Crippen molar-refractivity contribution in [1.82, 2.24) is 35.9 Å². The second kappa shape index (κ2) is 17.0. The summed E-state index contributed by atoms with van der Waals surface area (Å²) in [5.41, 5.74) is 6.20. The van der Waals surface area contributed by atoms with Crippen LogP contribution in [-0.4, -0.2) is 89.0 Å². The van der Waals surface area contributed by atoms with E-state index in [0.717, 1.165) is 0 Å². The molecule has 3 amide bonds. The molecule has 2 heterocycles. The number of hydrogen-bond acceptors (Lipinski definition) is 12. The van der Waals surface area contributed by atoms with Crippen LogP contribution in [0, 0.1) is 0 Å². The molecule has 256 valence electrons. The first-order valence-electron chi connectivity index (χ1n) is 14.6. The van der Waals surface area contributed by atoms with Crippen LogP contribution >= 0.6 is 0 Å². The molecule has 3 unspecified atom stereocenters. The second-order valence-corrected chi connectivity index (χ2v) is 10.7. The van der Waals surface area contributed by atoms with E-state index in [-0.39, 0.29) is 61.3 Å². The van der Waals surface area contributed by atoms with Gasteiger partial charge in [0.1, 0.15) is 12.1 Å². The molecule has 19 heteroatoms. The minimum absolute atomic E-state index is 0.0183. The maximum Gasteiger partial charge on any atom is 0.326 e. The lowest BCUT2D eigenvalue weighted by Gasteiger charge is -2.18. The molecule has 3 atom stereocenters. The molecule has 3 aromatic rings. The largest absolute Gasteiger partial charge is 0.481 e. The number of nitrogens with zero attached hydrogens (tertiary/aromatic N) is 3. The number of carboxylic acids is 3. The molecular weight excluding hydrogens is 634 g/mol. The Morgan fingerprint density at radius 3 is 2.04 bits per heavy atom. The zero-order valence-corrected chi connectivity index (χ0v) is 25.7. The van der Waals surface area contributed by atoms with Crippen LogP contribution in [0.4, 0.5) is 11.6 Å². The maximum absolute atomic E-state index is 12.7. The minimum atomic E-state index is -1.47. The maximum atomic E-state index is 12.7. The summed E-state index contributed by atoms with van der Waals surface area (Å²) in [4.78, 5) is 97.9. The number of benzene rings is 1. The third kappa shape index (κ3) is 11.3. The average molecular weight is 670 g/mol. The van der Waals surface area contributed by atoms with Crippen molar-refractivity contribution >= 4 is 58.4 Å². The van der Waals surface area contributed by atoms with Crippen molar-refractivity contribution < 1.29 is 44.1 Å². The summed E-state index contributed by atoms with van der Waals surface area (Å²) in [7, 11) is 0. The number of carbonyl (C=O) groups excluding carboxylic acids is 3. The van der Waals surface area contributed by atoms with Gasteiger partial charge < -0.3 is 42.3 Å². The van der Waals surface area contributed by atoms with Crippen LogP contribution in [0.1, 0.15) is 61.5 Å². The summed E-state index contributed by atoms with van der Waals surface area (Å²) < 4.78 is 0. The summed E-state index contributed by atoms with van der Waals surface area (Å²) in [5, 5.41) is 37.9. The molecule has 10 N–H and O–H groups in total. The molecule has 0 aliphatic rings. The number of carbonyl (C=O) groups is 6. The first-order valence-corrected chi connectivity index (χ1v) is 14.6. The highest BCUT2D eigenvalue weighted by Gasteiger charge is 2.25. The van der Waals surface area contributed by atoms with E-state index in [1.165, 1.54) is 18.3 Å². The Hall–Kier alpha value is -6.14. The number of rotatable bonds is 18. The molecule has 0 radical (unpaired) electrons. The van der Waals surface area contributed by atoms with Gasteiger partial charge in [0.25, 0.3) is 11.5 Å². The van der Waals surface area contributed by atoms with Gasteiger partial charge in [-0.15, -0.1) is 0 Å². The van der Waals surface area contributed by atoms with E-state index < -0.39 is 65.7 Å². The molecule has 2 aromatic heterocycles. The SMILES string of the molecule is CC(CCC(=O)O)NC(=O)CCC(NC(=O)CCC(NC(=O)c1ccc(NCc2cnc3nc(N)[nH]c(=O)c3n2)cc1)C(=O)O)C(=O)O. The fraction of sp³-hybridized carbons (Fsp3) is 0.379. The van der Waals surface area contributed by atoms with Crippen LogP contribution in [0.25, 0.3) is 11.2 Å². The number of aromatic amines is 1. The van der Waals surface area contributed by atoms with Gasteiger partial charge in [-0.1, -0.05) is 0 Å². The number of carboxylic acid groups (broad SMARTS) is 3. The molecule has 0 bridgehead atoms. The Bertz CT molecular complexity index is 1730. The molecular formula is C29H35N9O10. The van der Waals surface area contributed by atoms with Gasteiger partial charge >= 0.3 is 17.9 Å². The molecule has 1 aromatic carbocycles. The van der Waals surface area contributed by atoms with E-state index in [1.54, 1.807) is 19.1 Å². The number of fused-ring (bicyclic) bond motifs is 1. The van der Waals surface area contributed by atoms with E-state index in [0.29, 0.717) is 11.4 Å². The van der Waals surface area contributed by atoms with Crippen molar-refractivity contribution in [2.24, 2.45) is 0 Å². The summed E-state index contributed by atoms with van der Waals surface area (Å²) in [6, 6.07) is 2.64. The Labute approximate surface area is 271 Å². The third-order valence-electron chi connectivity index (χ3n) is 6.86. The van der Waals surface area contributed by atoms with Crippen LogP contribution in [0.3, 0.4) is 0 Å². The number of hydrogen-bond donors (Lipinski definition) is 9. The molecule has 0 aliphatic heterocycles. The molecule has 0 spiro atoms. The van der Waals surface area contributed by atoms with Gasteiger partial charge in [-0.2, -0.15) is 4.98 Å². The normalized spacial score (nSPS) is 12.7. The number of amides is 3. The Balaban J connectivity index is 1.48. The van der Waals surface area contributed by atoms with Crippen molar-refractivity contribution in [3.8, 4) is 0 Å². The number of nitrogens with two attached hydrogens (primary N) is 1. The Morgan fingerprint density at radius 1 is 0.833 bits per heavy atom. The number of nitrogen functional groups attached to an aromatic ring is 1. The van der Waals surface area contributed by atoms with Crippen LogP contribution in [0.15, 0.2) is 35.3 Å². The van der Waals surface area contributed by atoms with Crippen LogP contribution in [0.2, 0.25) is 0 Å². The standard InChI is InChI=1S/C29H35N9O10/c1-14(2-11-22(41)42)33-20(39)9-7-18(27(45)46)35-21(40)10-8-19(28(47)48)36-25(43)15-3-5-16(6-4-15)31-12-17-13-32-24-23(34-17)26(44)38-29(30)37-24/h3-6,13-14,18-19,31H,2,7-12H2,1H3,(H,33,39)(H,35,40)(H,36,43)(H,41,42)(H,45,46)(H,47,48)(H3,30,32,37,38,44). The van der Waals surface area contributed by atoms with E-state index in [9.17, 15) is 43.8 Å². The topological polar surface area (TPSA) is 309 Å². The number of anilines is 2. The van der Waals surface area contributed by atoms with Gasteiger partial charge in [0.2, 0.25) is 17.8 Å². The second-order valence-electron chi connectivity index (χ2n) is 10.7. The van der Waals surface area contributed by atoms with E-state index in [2.05, 4.69) is 41.2 Å². The number of H-pyrrole nitrogens is 1. The highest BCUT2D eigenvalue weighted by atomic mass is 16.4. The molecule has 0 saturated heterocycles. The van der Waals surface area contributed by atoms with Crippen molar-refractivity contribution in [3.63, 3.8) is 0 Å². The number of aliphatic carboxylic acids is 3. The predicted octanol–water partition coefficient (Wildman–Crippen LogP) is -0.410. The summed E-state index contributed by atoms with van der Waals surface area (Å²) in [6.45, 7) is 1.78. The fourth-order valence-electron chi connectivity index (χ4n) is 4.32. The third-order valence-corrected chi connectivity index (χ3v) is 6.86. The lowest BCUT2D eigenvalue weighted by molar-refractivity contribution is -0.143. The highest BCUT2D eigenvalue weighted by Crippen LogP contribution is 2.13. The van der Waals surface area contributed by atoms with Crippen LogP contribution in [-0.2, 0) is 30.5 Å². The van der Waals surface area contributed by atoms with E-state index in [4.69, 9.17) is 10.8 Å².